The summed E-state index contributed by atoms with van der Waals surface area (Å²) >= 11 is 0. The van der Waals surface area contributed by atoms with E-state index in [0.29, 0.717) is 41.5 Å². The molecule has 1 aliphatic heterocycles. The van der Waals surface area contributed by atoms with Gasteiger partial charge in [0.25, 0.3) is 0 Å². The standard InChI is InChI=1S/C21H15F3N2O5/c22-21(23,24)30-14-4-2-13(3-5-14)25-19(27)20(7-8-20)18-10-16(31-26-18)12-1-6-15-17(9-12)29-11-28-15/h1-6,9-10H,7-8,11H2,(H,25,27). The second-order valence-corrected chi connectivity index (χ2v) is 7.25. The van der Waals surface area contributed by atoms with Crippen molar-refractivity contribution < 1.29 is 36.7 Å². The van der Waals surface area contributed by atoms with E-state index in [-0.39, 0.29) is 18.4 Å². The van der Waals surface area contributed by atoms with E-state index in [1.807, 2.05) is 6.07 Å². The van der Waals surface area contributed by atoms with Crippen LogP contribution in [0.4, 0.5) is 18.9 Å². The number of fused-ring (bicyclic) bond motifs is 1. The summed E-state index contributed by atoms with van der Waals surface area (Å²) in [7, 11) is 0. The van der Waals surface area contributed by atoms with Gasteiger partial charge >= 0.3 is 6.36 Å². The topological polar surface area (TPSA) is 82.8 Å². The summed E-state index contributed by atoms with van der Waals surface area (Å²) in [6.07, 6.45) is -3.60. The first-order valence-corrected chi connectivity index (χ1v) is 9.37. The van der Waals surface area contributed by atoms with Crippen LogP contribution in [0.2, 0.25) is 0 Å². The molecule has 7 nitrogen and oxygen atoms in total. The van der Waals surface area contributed by atoms with Crippen molar-refractivity contribution in [1.29, 1.82) is 0 Å². The number of aromatic nitrogens is 1. The van der Waals surface area contributed by atoms with Crippen molar-refractivity contribution in [2.24, 2.45) is 0 Å². The summed E-state index contributed by atoms with van der Waals surface area (Å²) in [5, 5.41) is 6.81. The average Bonchev–Trinajstić information content (AvgIpc) is 3.17. The van der Waals surface area contributed by atoms with Gasteiger partial charge in [-0.25, -0.2) is 0 Å². The molecule has 1 fully saturated rings. The molecule has 0 radical (unpaired) electrons. The number of rotatable bonds is 5. The van der Waals surface area contributed by atoms with E-state index >= 15 is 0 Å². The van der Waals surface area contributed by atoms with Crippen molar-refractivity contribution in [1.82, 2.24) is 5.16 Å². The van der Waals surface area contributed by atoms with Crippen LogP contribution in [0.3, 0.4) is 0 Å². The van der Waals surface area contributed by atoms with Crippen LogP contribution in [0.25, 0.3) is 11.3 Å². The third-order valence-corrected chi connectivity index (χ3v) is 5.19. The van der Waals surface area contributed by atoms with E-state index in [4.69, 9.17) is 14.0 Å². The maximum absolute atomic E-state index is 12.9. The molecule has 2 aliphatic rings. The maximum Gasteiger partial charge on any atom is 0.573 e. The second-order valence-electron chi connectivity index (χ2n) is 7.25. The monoisotopic (exact) mass is 432 g/mol. The third-order valence-electron chi connectivity index (χ3n) is 5.19. The number of ether oxygens (including phenoxy) is 3. The molecule has 3 aromatic rings. The fourth-order valence-corrected chi connectivity index (χ4v) is 3.40. The van der Waals surface area contributed by atoms with Crippen molar-refractivity contribution in [2.75, 3.05) is 12.1 Å². The molecule has 1 N–H and O–H groups in total. The molecule has 0 spiro atoms. The van der Waals surface area contributed by atoms with E-state index < -0.39 is 11.8 Å². The highest BCUT2D eigenvalue weighted by Gasteiger charge is 2.54. The number of anilines is 1. The van der Waals surface area contributed by atoms with Gasteiger partial charge in [-0.15, -0.1) is 13.2 Å². The van der Waals surface area contributed by atoms with E-state index in [1.165, 1.54) is 12.1 Å². The summed E-state index contributed by atoms with van der Waals surface area (Å²) in [5.41, 5.74) is 0.749. The molecular formula is C21H15F3N2O5. The number of carbonyl (C=O) groups excluding carboxylic acids is 1. The molecule has 1 aliphatic carbocycles. The number of amides is 1. The van der Waals surface area contributed by atoms with Crippen LogP contribution in [0.1, 0.15) is 18.5 Å². The van der Waals surface area contributed by atoms with Crippen molar-refractivity contribution in [3.63, 3.8) is 0 Å². The molecule has 10 heteroatoms. The Labute approximate surface area is 173 Å². The molecule has 2 heterocycles. The Kier molecular flexibility index (Phi) is 4.31. The van der Waals surface area contributed by atoms with Gasteiger partial charge in [-0.2, -0.15) is 0 Å². The minimum atomic E-state index is -4.77. The summed E-state index contributed by atoms with van der Waals surface area (Å²) < 4.78 is 56.8. The number of nitrogens with one attached hydrogen (secondary N) is 1. The highest BCUT2D eigenvalue weighted by atomic mass is 19.4. The van der Waals surface area contributed by atoms with Crippen LogP contribution in [-0.4, -0.2) is 24.2 Å². The SMILES string of the molecule is O=C(Nc1ccc(OC(F)(F)F)cc1)C1(c2cc(-c3ccc4c(c3)OCO4)on2)CC1. The highest BCUT2D eigenvalue weighted by Crippen LogP contribution is 2.49. The lowest BCUT2D eigenvalue weighted by Crippen LogP contribution is -2.28. The van der Waals surface area contributed by atoms with Crippen LogP contribution in [0.15, 0.2) is 53.1 Å². The van der Waals surface area contributed by atoms with Gasteiger partial charge in [0.2, 0.25) is 12.7 Å². The van der Waals surface area contributed by atoms with Crippen LogP contribution in [-0.2, 0) is 10.2 Å². The molecule has 1 amide bonds. The van der Waals surface area contributed by atoms with Gasteiger partial charge in [0.1, 0.15) is 5.75 Å². The smallest absolute Gasteiger partial charge is 0.454 e. The maximum atomic E-state index is 12.9. The largest absolute Gasteiger partial charge is 0.573 e. The lowest BCUT2D eigenvalue weighted by molar-refractivity contribution is -0.274. The number of halogens is 3. The lowest BCUT2D eigenvalue weighted by atomic mass is 10.00. The van der Waals surface area contributed by atoms with E-state index in [1.54, 1.807) is 18.2 Å². The Bertz CT molecular complexity index is 1140. The average molecular weight is 432 g/mol. The number of nitrogens with zero attached hydrogens (tertiary/aromatic N) is 1. The van der Waals surface area contributed by atoms with Crippen molar-refractivity contribution in [2.45, 2.75) is 24.6 Å². The van der Waals surface area contributed by atoms with Gasteiger partial charge in [0, 0.05) is 17.3 Å². The minimum absolute atomic E-state index is 0.160. The molecular weight excluding hydrogens is 417 g/mol. The quantitative estimate of drug-likeness (QED) is 0.633. The van der Waals surface area contributed by atoms with Crippen LogP contribution < -0.4 is 19.5 Å². The summed E-state index contributed by atoms with van der Waals surface area (Å²) in [6, 6.07) is 12.0. The first-order chi connectivity index (χ1) is 14.8. The Morgan fingerprint density at radius 1 is 1.03 bits per heavy atom. The Balaban J connectivity index is 1.30. The number of hydrogen-bond acceptors (Lipinski definition) is 6. The first kappa shape index (κ1) is 19.3. The van der Waals surface area contributed by atoms with Gasteiger partial charge in [0.05, 0.1) is 11.1 Å². The molecule has 160 valence electrons. The Morgan fingerprint density at radius 2 is 1.77 bits per heavy atom. The molecule has 0 atom stereocenters. The zero-order valence-electron chi connectivity index (χ0n) is 15.9. The van der Waals surface area contributed by atoms with Crippen molar-refractivity contribution in [3.05, 3.63) is 54.2 Å². The van der Waals surface area contributed by atoms with Gasteiger partial charge in [0.15, 0.2) is 17.3 Å². The van der Waals surface area contributed by atoms with Gasteiger partial charge < -0.3 is 24.1 Å². The van der Waals surface area contributed by atoms with E-state index in [0.717, 1.165) is 17.7 Å². The predicted molar refractivity (Wildman–Crippen MR) is 101 cm³/mol. The van der Waals surface area contributed by atoms with Crippen LogP contribution in [0, 0.1) is 0 Å². The molecule has 1 aromatic heterocycles. The van der Waals surface area contributed by atoms with Gasteiger partial charge in [-0.1, -0.05) is 5.16 Å². The summed E-state index contributed by atoms with van der Waals surface area (Å²) in [4.78, 5) is 12.9. The Hall–Kier alpha value is -3.69. The van der Waals surface area contributed by atoms with Crippen LogP contribution >= 0.6 is 0 Å². The predicted octanol–water partition coefficient (Wildman–Crippen LogP) is 4.64. The Morgan fingerprint density at radius 3 is 2.48 bits per heavy atom. The normalized spacial score (nSPS) is 16.1. The third kappa shape index (κ3) is 3.76. The number of carbonyl (C=O) groups is 1. The number of hydrogen-bond donors (Lipinski definition) is 1. The summed E-state index contributed by atoms with van der Waals surface area (Å²) in [5.74, 6) is 1.07. The van der Waals surface area contributed by atoms with Gasteiger partial charge in [-0.3, -0.25) is 4.79 Å². The fraction of sp³-hybridized carbons (Fsp3) is 0.238. The molecule has 0 bridgehead atoms. The number of benzene rings is 2. The van der Waals surface area contributed by atoms with E-state index in [2.05, 4.69) is 15.2 Å². The summed E-state index contributed by atoms with van der Waals surface area (Å²) in [6.45, 7) is 0.160. The fourth-order valence-electron chi connectivity index (χ4n) is 3.40. The molecule has 2 aromatic carbocycles. The molecule has 0 saturated heterocycles. The molecule has 5 rings (SSSR count). The highest BCUT2D eigenvalue weighted by molar-refractivity contribution is 6.01. The van der Waals surface area contributed by atoms with Crippen molar-refractivity contribution >= 4 is 11.6 Å². The second kappa shape index (κ2) is 6.93. The zero-order chi connectivity index (χ0) is 21.6. The van der Waals surface area contributed by atoms with Gasteiger partial charge in [-0.05, 0) is 55.3 Å². The number of alkyl halides is 3. The lowest BCUT2D eigenvalue weighted by Gasteiger charge is -2.13. The molecule has 31 heavy (non-hydrogen) atoms. The van der Waals surface area contributed by atoms with E-state index in [9.17, 15) is 18.0 Å². The first-order valence-electron chi connectivity index (χ1n) is 9.37. The van der Waals surface area contributed by atoms with Crippen molar-refractivity contribution in [3.8, 4) is 28.6 Å². The zero-order valence-corrected chi connectivity index (χ0v) is 15.9. The minimum Gasteiger partial charge on any atom is -0.454 e. The van der Waals surface area contributed by atoms with Crippen LogP contribution in [0.5, 0.6) is 17.2 Å². The molecule has 0 unspecified atom stereocenters. The molecule has 1 saturated carbocycles.